The second-order valence-electron chi connectivity index (χ2n) is 4.03. The number of amides is 1. The van der Waals surface area contributed by atoms with Crippen molar-refractivity contribution in [1.82, 2.24) is 4.90 Å². The maximum atomic E-state index is 14.1. The van der Waals surface area contributed by atoms with Gasteiger partial charge in [-0.1, -0.05) is 15.9 Å². The Morgan fingerprint density at radius 1 is 1.50 bits per heavy atom. The van der Waals surface area contributed by atoms with Gasteiger partial charge in [-0.2, -0.15) is 0 Å². The van der Waals surface area contributed by atoms with Crippen molar-refractivity contribution in [2.45, 2.75) is 4.90 Å². The minimum atomic E-state index is -4.26. The molecule has 0 atom stereocenters. The average molecular weight is 369 g/mol. The van der Waals surface area contributed by atoms with Gasteiger partial charge >= 0.3 is 0 Å². The Labute approximate surface area is 124 Å². The zero-order valence-corrected chi connectivity index (χ0v) is 13.3. The quantitative estimate of drug-likeness (QED) is 0.837. The van der Waals surface area contributed by atoms with Crippen LogP contribution in [0.15, 0.2) is 21.5 Å². The summed E-state index contributed by atoms with van der Waals surface area (Å²) >= 11 is 3.03. The Balaban J connectivity index is 3.26. The van der Waals surface area contributed by atoms with Crippen molar-refractivity contribution < 1.29 is 22.3 Å². The van der Waals surface area contributed by atoms with Crippen molar-refractivity contribution in [3.63, 3.8) is 0 Å². The molecule has 0 heterocycles. The number of methoxy groups -OCH3 is 1. The summed E-state index contributed by atoms with van der Waals surface area (Å²) in [5.74, 6) is -1.82. The largest absolute Gasteiger partial charge is 0.383 e. The monoisotopic (exact) mass is 368 g/mol. The summed E-state index contributed by atoms with van der Waals surface area (Å²) < 4.78 is 41.8. The van der Waals surface area contributed by atoms with Crippen LogP contribution in [-0.4, -0.2) is 46.5 Å². The average Bonchev–Trinajstić information content (AvgIpc) is 2.36. The number of rotatable bonds is 5. The van der Waals surface area contributed by atoms with Crippen LogP contribution in [0.4, 0.5) is 4.39 Å². The second-order valence-corrected chi connectivity index (χ2v) is 6.48. The van der Waals surface area contributed by atoms with Crippen LogP contribution in [-0.2, 0) is 14.8 Å². The molecule has 0 aliphatic carbocycles. The number of hydrogen-bond donors (Lipinski definition) is 1. The molecule has 0 unspecified atom stereocenters. The predicted octanol–water partition coefficient (Wildman–Crippen LogP) is 0.954. The first-order valence-electron chi connectivity index (χ1n) is 5.44. The number of hydrogen-bond acceptors (Lipinski definition) is 4. The van der Waals surface area contributed by atoms with E-state index in [1.807, 2.05) is 0 Å². The summed E-state index contributed by atoms with van der Waals surface area (Å²) in [4.78, 5) is 12.6. The van der Waals surface area contributed by atoms with Crippen LogP contribution in [0.2, 0.25) is 0 Å². The topological polar surface area (TPSA) is 89.7 Å². The zero-order chi connectivity index (χ0) is 15.5. The Morgan fingerprint density at radius 3 is 2.60 bits per heavy atom. The first kappa shape index (κ1) is 17.0. The van der Waals surface area contributed by atoms with E-state index in [-0.39, 0.29) is 23.2 Å². The Bertz CT molecular complexity index is 621. The highest BCUT2D eigenvalue weighted by atomic mass is 79.9. The van der Waals surface area contributed by atoms with E-state index in [2.05, 4.69) is 15.9 Å². The van der Waals surface area contributed by atoms with Crippen LogP contribution in [0.3, 0.4) is 0 Å². The molecule has 0 bridgehead atoms. The third-order valence-electron chi connectivity index (χ3n) is 2.52. The Morgan fingerprint density at radius 2 is 2.10 bits per heavy atom. The first-order chi connectivity index (χ1) is 9.18. The number of benzene rings is 1. The van der Waals surface area contributed by atoms with Gasteiger partial charge < -0.3 is 9.64 Å². The van der Waals surface area contributed by atoms with E-state index in [0.717, 1.165) is 6.07 Å². The van der Waals surface area contributed by atoms with E-state index in [0.29, 0.717) is 0 Å². The summed E-state index contributed by atoms with van der Waals surface area (Å²) in [7, 11) is -1.33. The fourth-order valence-corrected chi connectivity index (χ4v) is 2.72. The van der Waals surface area contributed by atoms with E-state index in [4.69, 9.17) is 9.88 Å². The van der Waals surface area contributed by atoms with Crippen LogP contribution in [0.25, 0.3) is 0 Å². The van der Waals surface area contributed by atoms with E-state index in [1.54, 1.807) is 0 Å². The third-order valence-corrected chi connectivity index (χ3v) is 3.89. The van der Waals surface area contributed by atoms with Gasteiger partial charge in [-0.05, 0) is 12.1 Å². The van der Waals surface area contributed by atoms with Crippen molar-refractivity contribution in [3.05, 3.63) is 28.0 Å². The number of halogens is 2. The summed E-state index contributed by atoms with van der Waals surface area (Å²) in [5, 5.41) is 4.92. The van der Waals surface area contributed by atoms with Crippen LogP contribution in [0.1, 0.15) is 10.4 Å². The highest BCUT2D eigenvalue weighted by molar-refractivity contribution is 9.10. The van der Waals surface area contributed by atoms with Gasteiger partial charge in [0.05, 0.1) is 12.2 Å². The van der Waals surface area contributed by atoms with Crippen LogP contribution in [0, 0.1) is 5.82 Å². The first-order valence-corrected chi connectivity index (χ1v) is 7.78. The van der Waals surface area contributed by atoms with Gasteiger partial charge in [-0.3, -0.25) is 4.79 Å². The molecule has 1 aromatic rings. The van der Waals surface area contributed by atoms with Crippen molar-refractivity contribution in [2.24, 2.45) is 5.14 Å². The maximum absolute atomic E-state index is 14.1. The second kappa shape index (κ2) is 6.61. The van der Waals surface area contributed by atoms with E-state index >= 15 is 0 Å². The molecule has 1 rings (SSSR count). The summed E-state index contributed by atoms with van der Waals surface area (Å²) in [6, 6.07) is 2.21. The molecule has 0 saturated heterocycles. The number of ether oxygens (including phenoxy) is 1. The Kier molecular flexibility index (Phi) is 5.63. The molecule has 20 heavy (non-hydrogen) atoms. The van der Waals surface area contributed by atoms with E-state index in [1.165, 1.54) is 25.1 Å². The number of likely N-dealkylation sites (N-methyl/N-ethyl adjacent to an activating group) is 1. The van der Waals surface area contributed by atoms with Crippen molar-refractivity contribution >= 4 is 31.9 Å². The molecule has 0 radical (unpaired) electrons. The lowest BCUT2D eigenvalue weighted by molar-refractivity contribution is 0.0739. The van der Waals surface area contributed by atoms with E-state index in [9.17, 15) is 17.6 Å². The highest BCUT2D eigenvalue weighted by Gasteiger charge is 2.24. The van der Waals surface area contributed by atoms with Crippen molar-refractivity contribution in [3.8, 4) is 0 Å². The number of primary sulfonamides is 1. The summed E-state index contributed by atoms with van der Waals surface area (Å²) in [6.07, 6.45) is 0. The van der Waals surface area contributed by atoms with Crippen LogP contribution in [0.5, 0.6) is 0 Å². The normalized spacial score (nSPS) is 11.4. The molecule has 2 N–H and O–H groups in total. The fraction of sp³-hybridized carbons (Fsp3) is 0.364. The molecular formula is C11H14BrFN2O4S. The molecule has 0 spiro atoms. The van der Waals surface area contributed by atoms with Gasteiger partial charge in [-0.25, -0.2) is 17.9 Å². The predicted molar refractivity (Wildman–Crippen MR) is 74.3 cm³/mol. The van der Waals surface area contributed by atoms with E-state index < -0.39 is 26.6 Å². The minimum Gasteiger partial charge on any atom is -0.383 e. The van der Waals surface area contributed by atoms with Gasteiger partial charge in [0.1, 0.15) is 4.90 Å². The van der Waals surface area contributed by atoms with Gasteiger partial charge in [0.25, 0.3) is 5.91 Å². The molecule has 1 amide bonds. The van der Waals surface area contributed by atoms with Crippen LogP contribution < -0.4 is 5.14 Å². The molecule has 0 aliphatic rings. The van der Waals surface area contributed by atoms with Gasteiger partial charge in [-0.15, -0.1) is 0 Å². The van der Waals surface area contributed by atoms with Crippen molar-refractivity contribution in [1.29, 1.82) is 0 Å². The number of carbonyl (C=O) groups is 1. The molecule has 0 aliphatic heterocycles. The smallest absolute Gasteiger partial charge is 0.256 e. The molecular weight excluding hydrogens is 355 g/mol. The SMILES string of the molecule is COCCN(C)C(=O)c1cc(Br)cc(S(N)(=O)=O)c1F. The summed E-state index contributed by atoms with van der Waals surface area (Å²) in [6.45, 7) is 0.520. The molecule has 112 valence electrons. The lowest BCUT2D eigenvalue weighted by Crippen LogP contribution is -2.31. The lowest BCUT2D eigenvalue weighted by atomic mass is 10.2. The molecule has 9 heteroatoms. The molecule has 0 saturated carbocycles. The fourth-order valence-electron chi connectivity index (χ4n) is 1.46. The maximum Gasteiger partial charge on any atom is 0.256 e. The Hall–Kier alpha value is -1.03. The number of sulfonamides is 1. The van der Waals surface area contributed by atoms with Gasteiger partial charge in [0.15, 0.2) is 5.82 Å². The number of nitrogens with two attached hydrogens (primary N) is 1. The standard InChI is InChI=1S/C11H14BrFN2O4S/c1-15(3-4-19-2)11(16)8-5-7(12)6-9(10(8)13)20(14,17)18/h5-6H,3-4H2,1-2H3,(H2,14,17,18). The van der Waals surface area contributed by atoms with Gasteiger partial charge in [0.2, 0.25) is 10.0 Å². The zero-order valence-electron chi connectivity index (χ0n) is 10.9. The number of carbonyl (C=O) groups excluding carboxylic acids is 1. The lowest BCUT2D eigenvalue weighted by Gasteiger charge is -2.17. The molecule has 6 nitrogen and oxygen atoms in total. The molecule has 0 aromatic heterocycles. The molecule has 1 aromatic carbocycles. The number of nitrogens with zero attached hydrogens (tertiary/aromatic N) is 1. The van der Waals surface area contributed by atoms with Crippen molar-refractivity contribution in [2.75, 3.05) is 27.3 Å². The highest BCUT2D eigenvalue weighted by Crippen LogP contribution is 2.24. The third kappa shape index (κ3) is 3.98. The van der Waals surface area contributed by atoms with Gasteiger partial charge in [0, 0.05) is 25.2 Å². The molecule has 0 fully saturated rings. The summed E-state index contributed by atoms with van der Waals surface area (Å²) in [5.41, 5.74) is -0.373. The minimum absolute atomic E-state index is 0.242. The van der Waals surface area contributed by atoms with Crippen LogP contribution >= 0.6 is 15.9 Å².